The van der Waals surface area contributed by atoms with Crippen LogP contribution in [0.2, 0.25) is 0 Å². The average molecular weight is 316 g/mol. The second-order valence-corrected chi connectivity index (χ2v) is 6.83. The molecule has 0 aromatic heterocycles. The van der Waals surface area contributed by atoms with Crippen LogP contribution in [0.3, 0.4) is 0 Å². The lowest BCUT2D eigenvalue weighted by Gasteiger charge is -2.37. The van der Waals surface area contributed by atoms with Crippen molar-refractivity contribution in [1.82, 2.24) is 4.90 Å². The van der Waals surface area contributed by atoms with Crippen molar-refractivity contribution >= 4 is 5.69 Å². The van der Waals surface area contributed by atoms with Gasteiger partial charge in [0, 0.05) is 18.6 Å². The summed E-state index contributed by atoms with van der Waals surface area (Å²) in [5.74, 6) is -0.494. The van der Waals surface area contributed by atoms with Crippen LogP contribution in [0.1, 0.15) is 38.0 Å². The lowest BCUT2D eigenvalue weighted by atomic mass is 10.0. The zero-order valence-corrected chi connectivity index (χ0v) is 14.0. The van der Waals surface area contributed by atoms with Crippen LogP contribution < -0.4 is 5.73 Å². The topological polar surface area (TPSA) is 49.5 Å². The van der Waals surface area contributed by atoms with E-state index in [-0.39, 0.29) is 11.2 Å². The van der Waals surface area contributed by atoms with Gasteiger partial charge in [-0.15, -0.1) is 0 Å². The third kappa shape index (κ3) is 4.78. The number of aliphatic hydroxyl groups excluding tert-OH is 1. The molecule has 0 spiro atoms. The second kappa shape index (κ2) is 7.11. The fraction of sp³-hybridized carbons (Fsp3) is 0.368. The van der Waals surface area contributed by atoms with Crippen LogP contribution in [0.15, 0.2) is 48.5 Å². The van der Waals surface area contributed by atoms with Gasteiger partial charge in [-0.25, -0.2) is 4.39 Å². The fourth-order valence-electron chi connectivity index (χ4n) is 2.44. The molecule has 0 aliphatic heterocycles. The average Bonchev–Trinajstić information content (AvgIpc) is 2.49. The molecule has 0 fully saturated rings. The smallest absolute Gasteiger partial charge is 0.146 e. The zero-order valence-electron chi connectivity index (χ0n) is 14.0. The predicted octanol–water partition coefficient (Wildman–Crippen LogP) is 3.74. The standard InChI is InChI=1S/C19H25FN2O/c1-19(2,3)22(12-14-7-5-4-6-8-14)13-18(23)15-9-10-17(21)16(20)11-15/h4-11,18,23H,12-13,21H2,1-3H3. The first kappa shape index (κ1) is 17.4. The normalized spacial score (nSPS) is 13.3. The Balaban J connectivity index is 2.15. The number of aliphatic hydroxyl groups is 1. The molecule has 0 aliphatic carbocycles. The van der Waals surface area contributed by atoms with E-state index in [1.54, 1.807) is 6.07 Å². The number of anilines is 1. The number of nitrogens with zero attached hydrogens (tertiary/aromatic N) is 1. The molecule has 2 rings (SSSR count). The Kier molecular flexibility index (Phi) is 5.39. The maximum absolute atomic E-state index is 13.6. The molecule has 0 amide bonds. The molecule has 2 aromatic carbocycles. The Morgan fingerprint density at radius 1 is 1.13 bits per heavy atom. The van der Waals surface area contributed by atoms with Crippen molar-refractivity contribution in [2.75, 3.05) is 12.3 Å². The second-order valence-electron chi connectivity index (χ2n) is 6.83. The van der Waals surface area contributed by atoms with Crippen LogP contribution in [0.4, 0.5) is 10.1 Å². The van der Waals surface area contributed by atoms with E-state index in [2.05, 4.69) is 37.8 Å². The van der Waals surface area contributed by atoms with E-state index in [4.69, 9.17) is 5.73 Å². The van der Waals surface area contributed by atoms with Gasteiger partial charge >= 0.3 is 0 Å². The number of nitrogen functional groups attached to an aromatic ring is 1. The number of halogens is 1. The number of rotatable bonds is 5. The Bertz CT molecular complexity index is 638. The predicted molar refractivity (Wildman–Crippen MR) is 92.4 cm³/mol. The van der Waals surface area contributed by atoms with Crippen LogP contribution in [0, 0.1) is 5.82 Å². The quantitative estimate of drug-likeness (QED) is 0.826. The van der Waals surface area contributed by atoms with Crippen molar-refractivity contribution in [3.63, 3.8) is 0 Å². The summed E-state index contributed by atoms with van der Waals surface area (Å²) in [7, 11) is 0. The number of hydrogen-bond acceptors (Lipinski definition) is 3. The summed E-state index contributed by atoms with van der Waals surface area (Å²) < 4.78 is 13.6. The molecule has 1 atom stereocenters. The molecular weight excluding hydrogens is 291 g/mol. The summed E-state index contributed by atoms with van der Waals surface area (Å²) >= 11 is 0. The van der Waals surface area contributed by atoms with Gasteiger partial charge in [-0.3, -0.25) is 4.90 Å². The Hall–Kier alpha value is -1.91. The highest BCUT2D eigenvalue weighted by molar-refractivity contribution is 5.41. The maximum Gasteiger partial charge on any atom is 0.146 e. The maximum atomic E-state index is 13.6. The first-order chi connectivity index (χ1) is 10.8. The molecule has 4 heteroatoms. The monoisotopic (exact) mass is 316 g/mol. The van der Waals surface area contributed by atoms with Gasteiger partial charge in [-0.2, -0.15) is 0 Å². The molecular formula is C19H25FN2O. The van der Waals surface area contributed by atoms with Crippen molar-refractivity contribution in [3.8, 4) is 0 Å². The highest BCUT2D eigenvalue weighted by atomic mass is 19.1. The third-order valence-corrected chi connectivity index (χ3v) is 3.97. The number of benzene rings is 2. The molecule has 3 nitrogen and oxygen atoms in total. The molecule has 23 heavy (non-hydrogen) atoms. The van der Waals surface area contributed by atoms with Crippen LogP contribution in [0.5, 0.6) is 0 Å². The highest BCUT2D eigenvalue weighted by Gasteiger charge is 2.24. The van der Waals surface area contributed by atoms with Crippen LogP contribution in [0.25, 0.3) is 0 Å². The lowest BCUT2D eigenvalue weighted by Crippen LogP contribution is -2.43. The first-order valence-electron chi connectivity index (χ1n) is 7.79. The summed E-state index contributed by atoms with van der Waals surface area (Å²) in [6.07, 6.45) is -0.770. The Labute approximate surface area is 137 Å². The van der Waals surface area contributed by atoms with Crippen LogP contribution in [-0.2, 0) is 6.54 Å². The minimum Gasteiger partial charge on any atom is -0.396 e. The molecule has 0 radical (unpaired) electrons. The van der Waals surface area contributed by atoms with E-state index in [0.29, 0.717) is 12.1 Å². The van der Waals surface area contributed by atoms with E-state index in [9.17, 15) is 9.50 Å². The fourth-order valence-corrected chi connectivity index (χ4v) is 2.44. The molecule has 2 aromatic rings. The van der Waals surface area contributed by atoms with Crippen molar-refractivity contribution < 1.29 is 9.50 Å². The zero-order chi connectivity index (χ0) is 17.0. The first-order valence-corrected chi connectivity index (χ1v) is 7.79. The largest absolute Gasteiger partial charge is 0.396 e. The van der Waals surface area contributed by atoms with Gasteiger partial charge in [0.05, 0.1) is 11.8 Å². The molecule has 0 bridgehead atoms. The minimum absolute atomic E-state index is 0.0953. The molecule has 0 saturated carbocycles. The van der Waals surface area contributed by atoms with E-state index in [1.807, 2.05) is 18.2 Å². The number of hydrogen-bond donors (Lipinski definition) is 2. The van der Waals surface area contributed by atoms with Crippen molar-refractivity contribution in [2.24, 2.45) is 0 Å². The summed E-state index contributed by atoms with van der Waals surface area (Å²) in [4.78, 5) is 2.18. The van der Waals surface area contributed by atoms with Gasteiger partial charge in [0.25, 0.3) is 0 Å². The van der Waals surface area contributed by atoms with Crippen molar-refractivity contribution in [2.45, 2.75) is 39.0 Å². The lowest BCUT2D eigenvalue weighted by molar-refractivity contribution is 0.0522. The summed E-state index contributed by atoms with van der Waals surface area (Å²) in [5, 5.41) is 10.5. The van der Waals surface area contributed by atoms with Crippen LogP contribution >= 0.6 is 0 Å². The Morgan fingerprint density at radius 3 is 2.35 bits per heavy atom. The molecule has 3 N–H and O–H groups in total. The number of β-amino-alcohol motifs (C(OH)–C–C–N with tert-alkyl or cyclic N) is 1. The molecule has 0 heterocycles. The van der Waals surface area contributed by atoms with Gasteiger partial charge in [-0.1, -0.05) is 36.4 Å². The highest BCUT2D eigenvalue weighted by Crippen LogP contribution is 2.24. The van der Waals surface area contributed by atoms with E-state index in [0.717, 1.165) is 6.54 Å². The van der Waals surface area contributed by atoms with Gasteiger partial charge in [0.2, 0.25) is 0 Å². The number of nitrogens with two attached hydrogens (primary N) is 1. The van der Waals surface area contributed by atoms with Gasteiger partial charge < -0.3 is 10.8 Å². The minimum atomic E-state index is -0.770. The van der Waals surface area contributed by atoms with E-state index >= 15 is 0 Å². The molecule has 0 aliphatic rings. The van der Waals surface area contributed by atoms with E-state index < -0.39 is 11.9 Å². The summed E-state index contributed by atoms with van der Waals surface area (Å²) in [5.41, 5.74) is 7.19. The SMILES string of the molecule is CC(C)(C)N(Cc1ccccc1)CC(O)c1ccc(N)c(F)c1. The van der Waals surface area contributed by atoms with Gasteiger partial charge in [0.15, 0.2) is 0 Å². The summed E-state index contributed by atoms with van der Waals surface area (Å²) in [6, 6.07) is 14.6. The Morgan fingerprint density at radius 2 is 1.78 bits per heavy atom. The van der Waals surface area contributed by atoms with E-state index in [1.165, 1.54) is 17.7 Å². The third-order valence-electron chi connectivity index (χ3n) is 3.97. The molecule has 1 unspecified atom stereocenters. The van der Waals surface area contributed by atoms with Gasteiger partial charge in [0.1, 0.15) is 5.82 Å². The molecule has 0 saturated heterocycles. The van der Waals surface area contributed by atoms with Crippen molar-refractivity contribution in [3.05, 3.63) is 65.5 Å². The molecule has 124 valence electrons. The van der Waals surface area contributed by atoms with Crippen LogP contribution in [-0.4, -0.2) is 22.1 Å². The van der Waals surface area contributed by atoms with Gasteiger partial charge in [-0.05, 0) is 44.0 Å². The van der Waals surface area contributed by atoms with Crippen molar-refractivity contribution in [1.29, 1.82) is 0 Å². The summed E-state index contributed by atoms with van der Waals surface area (Å²) in [6.45, 7) is 7.45.